The summed E-state index contributed by atoms with van der Waals surface area (Å²) in [5.74, 6) is -0.157. The van der Waals surface area contributed by atoms with Crippen molar-refractivity contribution in [2.24, 2.45) is 0 Å². The second kappa shape index (κ2) is 4.59. The number of furan rings is 1. The van der Waals surface area contributed by atoms with Crippen molar-refractivity contribution in [2.75, 3.05) is 5.73 Å². The van der Waals surface area contributed by atoms with Crippen molar-refractivity contribution in [1.29, 1.82) is 0 Å². The largest absolute Gasteiger partial charge is 0.451 e. The van der Waals surface area contributed by atoms with Gasteiger partial charge in [0.2, 0.25) is 0 Å². The average molecular weight is 262 g/mol. The number of carbonyl (C=O) groups is 1. The number of nitrogens with two attached hydrogens (primary N) is 1. The molecular formula is C14H18N2O3. The summed E-state index contributed by atoms with van der Waals surface area (Å²) in [4.78, 5) is 12.1. The molecule has 0 spiro atoms. The van der Waals surface area contributed by atoms with Gasteiger partial charge < -0.3 is 20.6 Å². The van der Waals surface area contributed by atoms with E-state index in [1.165, 1.54) is 0 Å². The SMILES string of the molecule is CC(O)C(C)(C)NC(=O)c1cc2cc(N)ccc2o1. The average Bonchev–Trinajstić information content (AvgIpc) is 2.71. The number of nitrogens with one attached hydrogen (secondary N) is 1. The van der Waals surface area contributed by atoms with Crippen molar-refractivity contribution in [3.8, 4) is 0 Å². The summed E-state index contributed by atoms with van der Waals surface area (Å²) in [6.45, 7) is 5.12. The number of aliphatic hydroxyl groups excluding tert-OH is 1. The van der Waals surface area contributed by atoms with Crippen LogP contribution in [-0.4, -0.2) is 22.7 Å². The molecule has 0 saturated carbocycles. The Morgan fingerprint density at radius 2 is 2.11 bits per heavy atom. The van der Waals surface area contributed by atoms with Gasteiger partial charge in [0.1, 0.15) is 5.58 Å². The van der Waals surface area contributed by atoms with Crippen molar-refractivity contribution in [3.63, 3.8) is 0 Å². The third-order valence-corrected chi connectivity index (χ3v) is 3.24. The first-order valence-electron chi connectivity index (χ1n) is 6.09. The van der Waals surface area contributed by atoms with E-state index < -0.39 is 11.6 Å². The molecule has 1 aromatic heterocycles. The van der Waals surface area contributed by atoms with Gasteiger partial charge in [-0.3, -0.25) is 4.79 Å². The lowest BCUT2D eigenvalue weighted by Gasteiger charge is -2.28. The van der Waals surface area contributed by atoms with Crippen molar-refractivity contribution >= 4 is 22.6 Å². The number of hydrogen-bond acceptors (Lipinski definition) is 4. The number of nitrogen functional groups attached to an aromatic ring is 1. The molecule has 0 fully saturated rings. The van der Waals surface area contributed by atoms with Crippen LogP contribution in [0.25, 0.3) is 11.0 Å². The third kappa shape index (κ3) is 2.71. The number of fused-ring (bicyclic) bond motifs is 1. The summed E-state index contributed by atoms with van der Waals surface area (Å²) >= 11 is 0. The van der Waals surface area contributed by atoms with Crippen LogP contribution < -0.4 is 11.1 Å². The first-order valence-corrected chi connectivity index (χ1v) is 6.09. The van der Waals surface area contributed by atoms with Gasteiger partial charge in [0.05, 0.1) is 11.6 Å². The lowest BCUT2D eigenvalue weighted by molar-refractivity contribution is 0.0689. The molecule has 2 aromatic rings. The zero-order chi connectivity index (χ0) is 14.2. The van der Waals surface area contributed by atoms with Crippen molar-refractivity contribution < 1.29 is 14.3 Å². The minimum absolute atomic E-state index is 0.203. The molecule has 0 radical (unpaired) electrons. The number of aliphatic hydroxyl groups is 1. The van der Waals surface area contributed by atoms with E-state index in [1.807, 2.05) is 0 Å². The topological polar surface area (TPSA) is 88.5 Å². The van der Waals surface area contributed by atoms with Crippen LogP contribution in [0.15, 0.2) is 28.7 Å². The first-order chi connectivity index (χ1) is 8.79. The van der Waals surface area contributed by atoms with Gasteiger partial charge in [-0.25, -0.2) is 0 Å². The number of carbonyl (C=O) groups excluding carboxylic acids is 1. The highest BCUT2D eigenvalue weighted by Crippen LogP contribution is 2.22. The number of amides is 1. The summed E-state index contributed by atoms with van der Waals surface area (Å²) in [6, 6.07) is 6.82. The Kier molecular flexibility index (Phi) is 3.24. The van der Waals surface area contributed by atoms with Crippen molar-refractivity contribution in [1.82, 2.24) is 5.32 Å². The molecule has 5 nitrogen and oxygen atoms in total. The minimum Gasteiger partial charge on any atom is -0.451 e. The van der Waals surface area contributed by atoms with Crippen LogP contribution in [0.4, 0.5) is 5.69 Å². The molecule has 1 aromatic carbocycles. The fourth-order valence-corrected chi connectivity index (χ4v) is 1.63. The highest BCUT2D eigenvalue weighted by atomic mass is 16.3. The summed E-state index contributed by atoms with van der Waals surface area (Å²) in [5, 5.41) is 13.1. The van der Waals surface area contributed by atoms with E-state index in [0.717, 1.165) is 5.39 Å². The molecule has 1 unspecified atom stereocenters. The summed E-state index contributed by atoms with van der Waals surface area (Å²) in [7, 11) is 0. The maximum absolute atomic E-state index is 12.1. The smallest absolute Gasteiger partial charge is 0.287 e. The summed E-state index contributed by atoms with van der Waals surface area (Å²) in [5.41, 5.74) is 6.17. The van der Waals surface area contributed by atoms with Gasteiger partial charge in [-0.05, 0) is 45.0 Å². The van der Waals surface area contributed by atoms with Crippen LogP contribution in [0, 0.1) is 0 Å². The van der Waals surface area contributed by atoms with Gasteiger partial charge >= 0.3 is 0 Å². The molecule has 0 aliphatic rings. The van der Waals surface area contributed by atoms with E-state index >= 15 is 0 Å². The lowest BCUT2D eigenvalue weighted by Crippen LogP contribution is -2.50. The fraction of sp³-hybridized carbons (Fsp3) is 0.357. The summed E-state index contributed by atoms with van der Waals surface area (Å²) < 4.78 is 5.46. The molecule has 0 bridgehead atoms. The number of hydrogen-bond donors (Lipinski definition) is 3. The Morgan fingerprint density at radius 1 is 1.42 bits per heavy atom. The van der Waals surface area contributed by atoms with E-state index in [-0.39, 0.29) is 11.7 Å². The van der Waals surface area contributed by atoms with Gasteiger partial charge in [0.25, 0.3) is 5.91 Å². The van der Waals surface area contributed by atoms with Gasteiger partial charge in [0, 0.05) is 11.1 Å². The van der Waals surface area contributed by atoms with Crippen LogP contribution in [0.1, 0.15) is 31.3 Å². The molecule has 2 rings (SSSR count). The van der Waals surface area contributed by atoms with E-state index in [9.17, 15) is 9.90 Å². The Morgan fingerprint density at radius 3 is 2.74 bits per heavy atom. The molecule has 1 atom stereocenters. The lowest BCUT2D eigenvalue weighted by atomic mass is 9.99. The fourth-order valence-electron chi connectivity index (χ4n) is 1.63. The van der Waals surface area contributed by atoms with Crippen LogP contribution in [-0.2, 0) is 0 Å². The first kappa shape index (κ1) is 13.4. The van der Waals surface area contributed by atoms with E-state index in [2.05, 4.69) is 5.32 Å². The molecule has 1 amide bonds. The number of anilines is 1. The zero-order valence-electron chi connectivity index (χ0n) is 11.2. The quantitative estimate of drug-likeness (QED) is 0.737. The Labute approximate surface area is 111 Å². The second-order valence-corrected chi connectivity index (χ2v) is 5.26. The van der Waals surface area contributed by atoms with Gasteiger partial charge in [-0.1, -0.05) is 0 Å². The van der Waals surface area contributed by atoms with E-state index in [4.69, 9.17) is 10.2 Å². The normalized spacial score (nSPS) is 13.5. The van der Waals surface area contributed by atoms with Crippen LogP contribution in [0.5, 0.6) is 0 Å². The molecule has 4 N–H and O–H groups in total. The third-order valence-electron chi connectivity index (χ3n) is 3.24. The van der Waals surface area contributed by atoms with Gasteiger partial charge in [-0.15, -0.1) is 0 Å². The molecule has 0 saturated heterocycles. The highest BCUT2D eigenvalue weighted by molar-refractivity contribution is 5.97. The summed E-state index contributed by atoms with van der Waals surface area (Å²) in [6.07, 6.45) is -0.670. The molecule has 102 valence electrons. The molecular weight excluding hydrogens is 244 g/mol. The maximum atomic E-state index is 12.1. The maximum Gasteiger partial charge on any atom is 0.287 e. The van der Waals surface area contributed by atoms with Crippen LogP contribution in [0.3, 0.4) is 0 Å². The predicted octanol–water partition coefficient (Wildman–Crippen LogP) is 1.90. The molecule has 0 aliphatic heterocycles. The molecule has 1 heterocycles. The number of rotatable bonds is 3. The second-order valence-electron chi connectivity index (χ2n) is 5.26. The number of benzene rings is 1. The highest BCUT2D eigenvalue weighted by Gasteiger charge is 2.27. The van der Waals surface area contributed by atoms with Gasteiger partial charge in [-0.2, -0.15) is 0 Å². The molecule has 19 heavy (non-hydrogen) atoms. The van der Waals surface area contributed by atoms with E-state index in [0.29, 0.717) is 11.3 Å². The van der Waals surface area contributed by atoms with Crippen molar-refractivity contribution in [3.05, 3.63) is 30.0 Å². The van der Waals surface area contributed by atoms with Crippen LogP contribution in [0.2, 0.25) is 0 Å². The Bertz CT molecular complexity index is 614. The standard InChI is InChI=1S/C14H18N2O3/c1-8(17)14(2,3)16-13(18)12-7-9-6-10(15)4-5-11(9)19-12/h4-8,17H,15H2,1-3H3,(H,16,18). The van der Waals surface area contributed by atoms with Crippen molar-refractivity contribution in [2.45, 2.75) is 32.4 Å². The predicted molar refractivity (Wildman–Crippen MR) is 73.9 cm³/mol. The van der Waals surface area contributed by atoms with Gasteiger partial charge in [0.15, 0.2) is 5.76 Å². The minimum atomic E-state index is -0.727. The Balaban J connectivity index is 2.27. The molecule has 5 heteroatoms. The van der Waals surface area contributed by atoms with E-state index in [1.54, 1.807) is 45.0 Å². The zero-order valence-corrected chi connectivity index (χ0v) is 11.2. The van der Waals surface area contributed by atoms with Crippen LogP contribution >= 0.6 is 0 Å². The molecule has 0 aliphatic carbocycles. The monoisotopic (exact) mass is 262 g/mol. The Hall–Kier alpha value is -2.01.